The second-order valence-electron chi connectivity index (χ2n) is 6.69. The number of rotatable bonds is 3. The molecule has 1 aromatic heterocycles. The molecular weight excluding hydrogens is 308 g/mol. The minimum atomic E-state index is -0.117. The van der Waals surface area contributed by atoms with Crippen molar-refractivity contribution in [3.8, 4) is 0 Å². The number of carbonyl (C=O) groups excluding carboxylic acids is 2. The zero-order valence-corrected chi connectivity index (χ0v) is 14.2. The molecule has 0 bridgehead atoms. The fourth-order valence-electron chi connectivity index (χ4n) is 4.29. The Hall–Kier alpha value is -1.46. The first-order valence-corrected chi connectivity index (χ1v) is 9.39. The van der Waals surface area contributed by atoms with Crippen molar-refractivity contribution < 1.29 is 9.59 Å². The highest BCUT2D eigenvalue weighted by Crippen LogP contribution is 2.38. The van der Waals surface area contributed by atoms with Gasteiger partial charge < -0.3 is 0 Å². The van der Waals surface area contributed by atoms with E-state index in [1.54, 1.807) is 0 Å². The minimum absolute atomic E-state index is 0.0373. The van der Waals surface area contributed by atoms with Gasteiger partial charge in [-0.1, -0.05) is 19.1 Å². The number of allylic oxidation sites excluding steroid dienone is 2. The molecule has 23 heavy (non-hydrogen) atoms. The lowest BCUT2D eigenvalue weighted by Crippen LogP contribution is -2.45. The fraction of sp³-hybridized carbons (Fsp3) is 0.556. The lowest BCUT2D eigenvalue weighted by Gasteiger charge is -2.37. The summed E-state index contributed by atoms with van der Waals surface area (Å²) < 4.78 is 0. The predicted octanol–water partition coefficient (Wildman–Crippen LogP) is 2.97. The van der Waals surface area contributed by atoms with Gasteiger partial charge in [0.05, 0.1) is 18.5 Å². The van der Waals surface area contributed by atoms with Crippen LogP contribution in [0.2, 0.25) is 0 Å². The highest BCUT2D eigenvalue weighted by molar-refractivity contribution is 7.10. The summed E-state index contributed by atoms with van der Waals surface area (Å²) in [4.78, 5) is 30.6. The lowest BCUT2D eigenvalue weighted by atomic mass is 9.85. The molecule has 3 aliphatic rings. The molecule has 122 valence electrons. The van der Waals surface area contributed by atoms with Gasteiger partial charge in [0.15, 0.2) is 0 Å². The number of thiophene rings is 1. The maximum absolute atomic E-state index is 12.7. The van der Waals surface area contributed by atoms with Crippen LogP contribution in [0.25, 0.3) is 0 Å². The number of carbonyl (C=O) groups is 2. The summed E-state index contributed by atoms with van der Waals surface area (Å²) in [6.45, 7) is 3.57. The topological polar surface area (TPSA) is 40.6 Å². The standard InChI is InChI=1S/C18H22N2O2S/c1-2-15-14-8-10-23-16(14)7-9-19(15)11-20-17(21)12-5-3-4-6-13(12)18(20)22/h3-4,8,10,12-13,15H,2,5-7,9,11H2,1H3/t12-,13+,15-/m0/s1. The van der Waals surface area contributed by atoms with Gasteiger partial charge in [-0.15, -0.1) is 11.3 Å². The van der Waals surface area contributed by atoms with Gasteiger partial charge in [0.2, 0.25) is 11.8 Å². The summed E-state index contributed by atoms with van der Waals surface area (Å²) in [6, 6.07) is 2.53. The lowest BCUT2D eigenvalue weighted by molar-refractivity contribution is -0.143. The third kappa shape index (κ3) is 2.37. The van der Waals surface area contributed by atoms with E-state index in [-0.39, 0.29) is 23.7 Å². The smallest absolute Gasteiger partial charge is 0.234 e. The van der Waals surface area contributed by atoms with Gasteiger partial charge in [-0.05, 0) is 42.7 Å². The van der Waals surface area contributed by atoms with E-state index < -0.39 is 0 Å². The van der Waals surface area contributed by atoms with Crippen LogP contribution >= 0.6 is 11.3 Å². The van der Waals surface area contributed by atoms with Crippen molar-refractivity contribution in [1.29, 1.82) is 0 Å². The molecule has 0 N–H and O–H groups in total. The van der Waals surface area contributed by atoms with Gasteiger partial charge in [0.25, 0.3) is 0 Å². The maximum atomic E-state index is 12.7. The summed E-state index contributed by atoms with van der Waals surface area (Å²) >= 11 is 1.82. The van der Waals surface area contributed by atoms with Crippen LogP contribution in [-0.4, -0.2) is 34.8 Å². The first kappa shape index (κ1) is 15.1. The van der Waals surface area contributed by atoms with E-state index in [0.717, 1.165) is 32.2 Å². The fourth-order valence-corrected chi connectivity index (χ4v) is 5.21. The largest absolute Gasteiger partial charge is 0.278 e. The van der Waals surface area contributed by atoms with Crippen molar-refractivity contribution in [3.63, 3.8) is 0 Å². The Balaban J connectivity index is 1.54. The summed E-state index contributed by atoms with van der Waals surface area (Å²) in [6.07, 6.45) is 7.56. The van der Waals surface area contributed by atoms with Crippen LogP contribution in [0.1, 0.15) is 42.7 Å². The van der Waals surface area contributed by atoms with Crippen LogP contribution in [0.15, 0.2) is 23.6 Å². The SMILES string of the molecule is CC[C@H]1c2ccsc2CCN1CN1C(=O)[C@H]2CC=CC[C@H]2C1=O. The molecule has 5 heteroatoms. The molecule has 2 amide bonds. The quantitative estimate of drug-likeness (QED) is 0.632. The summed E-state index contributed by atoms with van der Waals surface area (Å²) in [5.41, 5.74) is 1.39. The van der Waals surface area contributed by atoms with Crippen LogP contribution in [0.5, 0.6) is 0 Å². The first-order chi connectivity index (χ1) is 11.2. The van der Waals surface area contributed by atoms with Crippen molar-refractivity contribution in [3.05, 3.63) is 34.0 Å². The normalized spacial score (nSPS) is 30.7. The molecule has 0 aromatic carbocycles. The number of nitrogens with zero attached hydrogens (tertiary/aromatic N) is 2. The van der Waals surface area contributed by atoms with Gasteiger partial charge in [-0.3, -0.25) is 19.4 Å². The first-order valence-electron chi connectivity index (χ1n) is 8.51. The van der Waals surface area contributed by atoms with E-state index in [1.165, 1.54) is 15.3 Å². The molecule has 0 saturated carbocycles. The van der Waals surface area contributed by atoms with Gasteiger partial charge in [-0.25, -0.2) is 0 Å². The Morgan fingerprint density at radius 3 is 2.52 bits per heavy atom. The molecule has 1 saturated heterocycles. The molecule has 1 aromatic rings. The van der Waals surface area contributed by atoms with E-state index in [1.807, 2.05) is 23.5 Å². The average molecular weight is 330 g/mol. The van der Waals surface area contributed by atoms with Crippen LogP contribution in [0.3, 0.4) is 0 Å². The third-order valence-electron chi connectivity index (χ3n) is 5.51. The van der Waals surface area contributed by atoms with Crippen LogP contribution in [0.4, 0.5) is 0 Å². The second kappa shape index (κ2) is 5.87. The van der Waals surface area contributed by atoms with E-state index >= 15 is 0 Å². The van der Waals surface area contributed by atoms with Crippen molar-refractivity contribution in [2.45, 2.75) is 38.6 Å². The van der Waals surface area contributed by atoms with Crippen LogP contribution in [0, 0.1) is 11.8 Å². The third-order valence-corrected chi connectivity index (χ3v) is 6.51. The molecule has 3 heterocycles. The molecule has 1 fully saturated rings. The highest BCUT2D eigenvalue weighted by atomic mass is 32.1. The van der Waals surface area contributed by atoms with Crippen molar-refractivity contribution in [1.82, 2.24) is 9.80 Å². The molecule has 2 aliphatic heterocycles. The molecular formula is C18H22N2O2S. The van der Waals surface area contributed by atoms with E-state index in [2.05, 4.69) is 23.3 Å². The van der Waals surface area contributed by atoms with Crippen LogP contribution < -0.4 is 0 Å². The Kier molecular flexibility index (Phi) is 3.85. The van der Waals surface area contributed by atoms with Crippen molar-refractivity contribution in [2.75, 3.05) is 13.2 Å². The van der Waals surface area contributed by atoms with Crippen molar-refractivity contribution >= 4 is 23.2 Å². The monoisotopic (exact) mass is 330 g/mol. The highest BCUT2D eigenvalue weighted by Gasteiger charge is 2.48. The molecule has 3 atom stereocenters. The van der Waals surface area contributed by atoms with Gasteiger partial charge in [0.1, 0.15) is 0 Å². The molecule has 0 unspecified atom stereocenters. The van der Waals surface area contributed by atoms with E-state index in [9.17, 15) is 9.59 Å². The molecule has 4 rings (SSSR count). The number of fused-ring (bicyclic) bond motifs is 2. The Morgan fingerprint density at radius 1 is 1.17 bits per heavy atom. The molecule has 4 nitrogen and oxygen atoms in total. The maximum Gasteiger partial charge on any atom is 0.234 e. The van der Waals surface area contributed by atoms with E-state index in [4.69, 9.17) is 0 Å². The Labute approximate surface area is 140 Å². The summed E-state index contributed by atoms with van der Waals surface area (Å²) in [5.74, 6) is -0.159. The second-order valence-corrected chi connectivity index (χ2v) is 7.69. The van der Waals surface area contributed by atoms with Crippen LogP contribution in [-0.2, 0) is 16.0 Å². The zero-order chi connectivity index (χ0) is 16.0. The van der Waals surface area contributed by atoms with Gasteiger partial charge in [0, 0.05) is 17.5 Å². The number of hydrogen-bond acceptors (Lipinski definition) is 4. The van der Waals surface area contributed by atoms with Crippen molar-refractivity contribution in [2.24, 2.45) is 11.8 Å². The number of likely N-dealkylation sites (tertiary alicyclic amines) is 1. The van der Waals surface area contributed by atoms with Gasteiger partial charge >= 0.3 is 0 Å². The average Bonchev–Trinajstić information content (AvgIpc) is 3.14. The summed E-state index contributed by atoms with van der Waals surface area (Å²) in [7, 11) is 0. The van der Waals surface area contributed by atoms with Gasteiger partial charge in [-0.2, -0.15) is 0 Å². The Bertz CT molecular complexity index is 640. The van der Waals surface area contributed by atoms with E-state index in [0.29, 0.717) is 12.7 Å². The minimum Gasteiger partial charge on any atom is -0.278 e. The Morgan fingerprint density at radius 2 is 1.87 bits per heavy atom. The molecule has 0 spiro atoms. The predicted molar refractivity (Wildman–Crippen MR) is 89.8 cm³/mol. The number of amides is 2. The summed E-state index contributed by atoms with van der Waals surface area (Å²) in [5, 5.41) is 2.16. The number of hydrogen-bond donors (Lipinski definition) is 0. The zero-order valence-electron chi connectivity index (χ0n) is 13.4. The number of imide groups is 1. The molecule has 0 radical (unpaired) electrons. The molecule has 1 aliphatic carbocycles.